The maximum Gasteiger partial charge on any atom is 3.00 e. The number of benzene rings is 6. The first kappa shape index (κ1) is 98.8. The van der Waals surface area contributed by atoms with Crippen molar-refractivity contribution in [1.82, 2.24) is 19.9 Å². The molecular weight excluding hydrogens is 1860 g/mol. The fourth-order valence-corrected chi connectivity index (χ4v) is 9.32. The molecule has 0 aliphatic heterocycles. The van der Waals surface area contributed by atoms with E-state index in [-0.39, 0.29) is 154 Å². The molecular formula is C70H54Cl12N4O14Tb2. The number of carbonyl (C=O) groups excluding carboxylic acids is 6. The van der Waals surface area contributed by atoms with Crippen LogP contribution in [0.1, 0.15) is 98.2 Å². The molecule has 0 saturated carbocycles. The van der Waals surface area contributed by atoms with E-state index in [0.717, 1.165) is 22.8 Å². The predicted octanol–water partition coefficient (Wildman–Crippen LogP) is 13.7. The van der Waals surface area contributed by atoms with Gasteiger partial charge in [-0.3, -0.25) is 19.9 Å². The second kappa shape index (κ2) is 53.5. The number of carboxylic acids is 6. The van der Waals surface area contributed by atoms with Gasteiger partial charge in [0.1, 0.15) is 0 Å². The Labute approximate surface area is 709 Å². The van der Waals surface area contributed by atoms with Crippen LogP contribution in [0.3, 0.4) is 0 Å². The number of hydrogen-bond acceptors (Lipinski definition) is 18. The number of carboxylic acid groups (broad SMARTS) is 6. The average molecular weight is 1920 g/mol. The third-order valence-electron chi connectivity index (χ3n) is 11.1. The van der Waals surface area contributed by atoms with Gasteiger partial charge in [0.2, 0.25) is 0 Å². The van der Waals surface area contributed by atoms with Crippen molar-refractivity contribution in [2.24, 2.45) is 0 Å². The molecule has 10 aromatic rings. The first-order chi connectivity index (χ1) is 47.0. The van der Waals surface area contributed by atoms with Crippen LogP contribution in [-0.2, 0) is 0 Å². The number of hydrogen-bond donors (Lipinski definition) is 2. The first-order valence-electron chi connectivity index (χ1n) is 27.9. The van der Waals surface area contributed by atoms with Crippen molar-refractivity contribution in [2.45, 2.75) is 41.5 Å². The molecule has 4 aromatic heterocycles. The number of aliphatic hydroxyl groups excluding tert-OH is 2. The molecule has 4 heterocycles. The van der Waals surface area contributed by atoms with Crippen LogP contribution in [0.2, 0.25) is 60.3 Å². The van der Waals surface area contributed by atoms with Gasteiger partial charge in [-0.15, -0.1) is 0 Å². The van der Waals surface area contributed by atoms with Crippen LogP contribution in [0.4, 0.5) is 0 Å². The Morgan fingerprint density at radius 2 is 0.402 bits per heavy atom. The van der Waals surface area contributed by atoms with Gasteiger partial charge in [-0.25, -0.2) is 0 Å². The monoisotopic (exact) mass is 1910 g/mol. The van der Waals surface area contributed by atoms with Crippen molar-refractivity contribution < 1.29 is 147 Å². The van der Waals surface area contributed by atoms with E-state index >= 15 is 0 Å². The Bertz CT molecular complexity index is 3660. The SMILES string of the molecule is CCO.CCO.Cc1ccc(-c2ccc(C)cn2)nc1.Cc1ccc(-c2ccc(C)cn2)nc1.O=C([O-])c1ccc(Cl)cc1Cl.O=C([O-])c1ccc(Cl)cc1Cl.O=C([O-])c1ccc(Cl)cc1Cl.O=C([O-])c1ccc(Cl)cc1Cl.O=C([O-])c1ccc(Cl)cc1Cl.O=C([O-])c1ccc(Cl)cc1Cl.[Tb+3].[Tb+3]. The van der Waals surface area contributed by atoms with E-state index in [1.807, 2.05) is 101 Å². The summed E-state index contributed by atoms with van der Waals surface area (Å²) in [4.78, 5) is 79.0. The third-order valence-corrected chi connectivity index (χ3v) is 14.4. The molecule has 0 aliphatic carbocycles. The van der Waals surface area contributed by atoms with Crippen LogP contribution in [0, 0.1) is 105 Å². The summed E-state index contributed by atoms with van der Waals surface area (Å²) in [6, 6.07) is 40.8. The minimum Gasteiger partial charge on any atom is -0.545 e. The van der Waals surface area contributed by atoms with Crippen molar-refractivity contribution in [3.05, 3.63) is 298 Å². The van der Waals surface area contributed by atoms with Gasteiger partial charge in [-0.2, -0.15) is 0 Å². The molecule has 102 heavy (non-hydrogen) atoms. The van der Waals surface area contributed by atoms with E-state index in [2.05, 4.69) is 19.9 Å². The molecule has 0 spiro atoms. The number of nitrogens with zero attached hydrogens (tertiary/aromatic N) is 4. The Kier molecular flexibility index (Phi) is 51.8. The smallest absolute Gasteiger partial charge is 0.545 e. The van der Waals surface area contributed by atoms with Crippen LogP contribution in [0.15, 0.2) is 183 Å². The van der Waals surface area contributed by atoms with E-state index in [4.69, 9.17) is 149 Å². The zero-order valence-corrected chi connectivity index (χ0v) is 66.9. The van der Waals surface area contributed by atoms with Crippen molar-refractivity contribution in [2.75, 3.05) is 13.2 Å². The summed E-state index contributed by atoms with van der Waals surface area (Å²) < 4.78 is 0. The molecule has 18 nitrogen and oxygen atoms in total. The zero-order valence-electron chi connectivity index (χ0n) is 53.5. The van der Waals surface area contributed by atoms with Gasteiger partial charge in [-0.05, 0) is 161 Å². The number of carbonyl (C=O) groups is 6. The quantitative estimate of drug-likeness (QED) is 0.143. The summed E-state index contributed by atoms with van der Waals surface area (Å²) in [5.74, 6) is -7.80. The fraction of sp³-hybridized carbons (Fsp3) is 0.114. The largest absolute Gasteiger partial charge is 3.00 e. The van der Waals surface area contributed by atoms with E-state index < -0.39 is 35.8 Å². The molecule has 0 saturated heterocycles. The van der Waals surface area contributed by atoms with Gasteiger partial charge < -0.3 is 69.6 Å². The van der Waals surface area contributed by atoms with Crippen LogP contribution in [-0.4, -0.2) is 79.2 Å². The molecule has 6 aromatic carbocycles. The summed E-state index contributed by atoms with van der Waals surface area (Å²) >= 11 is 66.3. The molecule has 0 radical (unpaired) electrons. The predicted molar refractivity (Wildman–Crippen MR) is 384 cm³/mol. The molecule has 0 fully saturated rings. The number of aromatic carboxylic acids is 6. The van der Waals surface area contributed by atoms with Crippen molar-refractivity contribution in [1.29, 1.82) is 0 Å². The summed E-state index contributed by atoms with van der Waals surface area (Å²) in [6.07, 6.45) is 7.43. The van der Waals surface area contributed by atoms with E-state index in [9.17, 15) is 59.4 Å². The van der Waals surface area contributed by atoms with Gasteiger partial charge in [0.05, 0.1) is 88.7 Å². The van der Waals surface area contributed by atoms with Crippen LogP contribution in [0.5, 0.6) is 0 Å². The number of aliphatic hydroxyl groups is 2. The van der Waals surface area contributed by atoms with Crippen LogP contribution < -0.4 is 30.6 Å². The molecule has 0 atom stereocenters. The van der Waals surface area contributed by atoms with Gasteiger partial charge in [0.15, 0.2) is 0 Å². The second-order valence-corrected chi connectivity index (χ2v) is 24.0. The fourth-order valence-electron chi connectivity index (χ4n) is 6.41. The van der Waals surface area contributed by atoms with E-state index in [1.165, 1.54) is 131 Å². The summed E-state index contributed by atoms with van der Waals surface area (Å²) in [5, 5.41) is 79.9. The normalized spacial score (nSPS) is 9.37. The molecule has 32 heteroatoms. The van der Waals surface area contributed by atoms with Crippen molar-refractivity contribution in [3.8, 4) is 22.8 Å². The summed E-state index contributed by atoms with van der Waals surface area (Å²) in [7, 11) is 0. The van der Waals surface area contributed by atoms with Crippen LogP contribution >= 0.6 is 139 Å². The molecule has 0 unspecified atom stereocenters. The van der Waals surface area contributed by atoms with Crippen LogP contribution in [0.25, 0.3) is 22.8 Å². The maximum atomic E-state index is 10.3. The minimum atomic E-state index is -1.30. The number of aromatic nitrogens is 4. The molecule has 0 bridgehead atoms. The Morgan fingerprint density at radius 3 is 0.490 bits per heavy atom. The number of aryl methyl sites for hydroxylation is 4. The van der Waals surface area contributed by atoms with Crippen molar-refractivity contribution in [3.63, 3.8) is 0 Å². The number of halogens is 12. The van der Waals surface area contributed by atoms with Crippen molar-refractivity contribution >= 4 is 175 Å². The summed E-state index contributed by atoms with van der Waals surface area (Å²) in [6.45, 7) is 12.0. The first-order valence-corrected chi connectivity index (χ1v) is 32.5. The topological polar surface area (TPSA) is 333 Å². The minimum absolute atomic E-state index is 0. The Morgan fingerprint density at radius 1 is 0.275 bits per heavy atom. The molecule has 0 aliphatic rings. The average Bonchev–Trinajstić information content (AvgIpc) is 0.924. The van der Waals surface area contributed by atoms with Gasteiger partial charge >= 0.3 is 77.2 Å². The number of rotatable bonds is 8. The second-order valence-electron chi connectivity index (χ2n) is 19.0. The summed E-state index contributed by atoms with van der Waals surface area (Å²) in [5.41, 5.74) is 8.10. The third kappa shape index (κ3) is 39.7. The maximum absolute atomic E-state index is 10.3. The van der Waals surface area contributed by atoms with E-state index in [0.29, 0.717) is 30.1 Å². The molecule has 2 N–H and O–H groups in total. The Hall–Kier alpha value is -5.29. The molecule has 10 rings (SSSR count). The molecule has 540 valence electrons. The molecule has 0 amide bonds. The Balaban J connectivity index is 0. The van der Waals surface area contributed by atoms with Gasteiger partial charge in [0.25, 0.3) is 0 Å². The number of pyridine rings is 4. The zero-order chi connectivity index (χ0) is 75.9. The van der Waals surface area contributed by atoms with E-state index in [1.54, 1.807) is 13.8 Å². The van der Waals surface area contributed by atoms with Gasteiger partial charge in [0, 0.05) is 102 Å². The van der Waals surface area contributed by atoms with Gasteiger partial charge in [-0.1, -0.05) is 200 Å². The standard InChI is InChI=1S/2C12H12N2.6C7H4Cl2O2.2C2H6O.2Tb/c2*1-9-3-5-11(13-7-9)12-6-4-10(2)8-14-12;6*8-4-1-2-5(7(10)11)6(9)3-4;2*1-2-3;;/h2*3-8H,1-2H3;6*1-3H,(H,10,11);2*3H,2H2,1H3;;/q;;;;;;;;;;2*+3/p-6.